The number of para-hydroxylation sites is 1. The number of rotatable bonds is 4. The SMILES string of the molecule is O=C(N[C@H]1CCCNC1)c1cccnc1Nc1ccccc1F. The third kappa shape index (κ3) is 3.84. The van der Waals surface area contributed by atoms with Crippen LogP contribution in [0, 0.1) is 5.82 Å². The molecular weight excluding hydrogens is 295 g/mol. The van der Waals surface area contributed by atoms with E-state index in [0.717, 1.165) is 25.9 Å². The highest BCUT2D eigenvalue weighted by atomic mass is 19.1. The molecule has 1 atom stereocenters. The average molecular weight is 314 g/mol. The fraction of sp³-hybridized carbons (Fsp3) is 0.294. The van der Waals surface area contributed by atoms with Crippen molar-refractivity contribution in [2.45, 2.75) is 18.9 Å². The monoisotopic (exact) mass is 314 g/mol. The van der Waals surface area contributed by atoms with Gasteiger partial charge < -0.3 is 16.0 Å². The van der Waals surface area contributed by atoms with Crippen molar-refractivity contribution in [3.8, 4) is 0 Å². The second-order valence-electron chi connectivity index (χ2n) is 5.52. The summed E-state index contributed by atoms with van der Waals surface area (Å²) in [4.78, 5) is 16.7. The van der Waals surface area contributed by atoms with Gasteiger partial charge in [0.25, 0.3) is 5.91 Å². The number of benzene rings is 1. The van der Waals surface area contributed by atoms with Crippen LogP contribution < -0.4 is 16.0 Å². The summed E-state index contributed by atoms with van der Waals surface area (Å²) in [6.07, 6.45) is 3.56. The number of hydrogen-bond acceptors (Lipinski definition) is 4. The first-order valence-corrected chi connectivity index (χ1v) is 7.72. The number of aromatic nitrogens is 1. The van der Waals surface area contributed by atoms with E-state index in [2.05, 4.69) is 20.9 Å². The molecule has 3 rings (SSSR count). The maximum atomic E-state index is 13.8. The summed E-state index contributed by atoms with van der Waals surface area (Å²) >= 11 is 0. The predicted molar refractivity (Wildman–Crippen MR) is 87.3 cm³/mol. The number of piperidine rings is 1. The number of amides is 1. The van der Waals surface area contributed by atoms with Crippen molar-refractivity contribution in [2.24, 2.45) is 0 Å². The molecule has 3 N–H and O–H groups in total. The van der Waals surface area contributed by atoms with E-state index in [-0.39, 0.29) is 17.8 Å². The minimum Gasteiger partial charge on any atom is -0.348 e. The lowest BCUT2D eigenvalue weighted by Gasteiger charge is -2.24. The summed E-state index contributed by atoms with van der Waals surface area (Å²) in [5.41, 5.74) is 0.695. The summed E-state index contributed by atoms with van der Waals surface area (Å²) in [7, 11) is 0. The third-order valence-electron chi connectivity index (χ3n) is 3.81. The maximum absolute atomic E-state index is 13.8. The molecule has 1 aliphatic rings. The van der Waals surface area contributed by atoms with E-state index in [9.17, 15) is 9.18 Å². The molecule has 0 spiro atoms. The number of nitrogens with zero attached hydrogens (tertiary/aromatic N) is 1. The van der Waals surface area contributed by atoms with Gasteiger partial charge in [0.1, 0.15) is 11.6 Å². The van der Waals surface area contributed by atoms with Gasteiger partial charge in [0.05, 0.1) is 11.3 Å². The van der Waals surface area contributed by atoms with E-state index in [1.165, 1.54) is 6.07 Å². The lowest BCUT2D eigenvalue weighted by Crippen LogP contribution is -2.45. The molecule has 2 aromatic rings. The Morgan fingerprint density at radius 3 is 2.91 bits per heavy atom. The Morgan fingerprint density at radius 2 is 2.13 bits per heavy atom. The van der Waals surface area contributed by atoms with Crippen LogP contribution in [0.3, 0.4) is 0 Å². The standard InChI is InChI=1S/C17H19FN4O/c18-14-7-1-2-8-15(14)22-16-13(6-4-10-20-16)17(23)21-12-5-3-9-19-11-12/h1-2,4,6-8,10,12,19H,3,5,9,11H2,(H,20,22)(H,21,23)/t12-/m0/s1. The topological polar surface area (TPSA) is 66.0 Å². The fourth-order valence-electron chi connectivity index (χ4n) is 2.62. The van der Waals surface area contributed by atoms with Crippen LogP contribution >= 0.6 is 0 Å². The first-order chi connectivity index (χ1) is 11.2. The Labute approximate surface area is 134 Å². The minimum atomic E-state index is -0.388. The molecule has 6 heteroatoms. The zero-order valence-corrected chi connectivity index (χ0v) is 12.7. The third-order valence-corrected chi connectivity index (χ3v) is 3.81. The molecule has 1 aromatic carbocycles. The van der Waals surface area contributed by atoms with Crippen molar-refractivity contribution in [1.82, 2.24) is 15.6 Å². The van der Waals surface area contributed by atoms with Crippen LogP contribution in [0.4, 0.5) is 15.9 Å². The number of nitrogens with one attached hydrogen (secondary N) is 3. The maximum Gasteiger partial charge on any atom is 0.255 e. The van der Waals surface area contributed by atoms with E-state index >= 15 is 0 Å². The molecule has 120 valence electrons. The second-order valence-corrected chi connectivity index (χ2v) is 5.52. The molecule has 0 aliphatic carbocycles. The summed E-state index contributed by atoms with van der Waals surface area (Å²) in [5, 5.41) is 9.16. The van der Waals surface area contributed by atoms with Crippen LogP contribution in [0.25, 0.3) is 0 Å². The first-order valence-electron chi connectivity index (χ1n) is 7.72. The van der Waals surface area contributed by atoms with E-state index in [4.69, 9.17) is 0 Å². The minimum absolute atomic E-state index is 0.109. The van der Waals surface area contributed by atoms with Gasteiger partial charge in [-0.15, -0.1) is 0 Å². The fourth-order valence-corrected chi connectivity index (χ4v) is 2.62. The van der Waals surface area contributed by atoms with Crippen LogP contribution in [0.2, 0.25) is 0 Å². The van der Waals surface area contributed by atoms with Crippen LogP contribution in [0.15, 0.2) is 42.6 Å². The Bertz CT molecular complexity index is 686. The summed E-state index contributed by atoms with van der Waals surface area (Å²) < 4.78 is 13.8. The molecule has 23 heavy (non-hydrogen) atoms. The van der Waals surface area contributed by atoms with Gasteiger partial charge in [-0.05, 0) is 43.7 Å². The Balaban J connectivity index is 1.77. The normalized spacial score (nSPS) is 17.5. The van der Waals surface area contributed by atoms with E-state index < -0.39 is 0 Å². The predicted octanol–water partition coefficient (Wildman–Crippen LogP) is 2.45. The van der Waals surface area contributed by atoms with Gasteiger partial charge in [0, 0.05) is 18.8 Å². The van der Waals surface area contributed by atoms with Crippen molar-refractivity contribution >= 4 is 17.4 Å². The Morgan fingerprint density at radius 1 is 1.26 bits per heavy atom. The van der Waals surface area contributed by atoms with Gasteiger partial charge >= 0.3 is 0 Å². The number of anilines is 2. The Kier molecular flexibility index (Phi) is 4.83. The first kappa shape index (κ1) is 15.4. The molecule has 0 bridgehead atoms. The van der Waals surface area contributed by atoms with Gasteiger partial charge in [-0.25, -0.2) is 9.37 Å². The number of hydrogen-bond donors (Lipinski definition) is 3. The highest BCUT2D eigenvalue weighted by Crippen LogP contribution is 2.21. The second kappa shape index (κ2) is 7.19. The van der Waals surface area contributed by atoms with Gasteiger partial charge in [-0.1, -0.05) is 12.1 Å². The highest BCUT2D eigenvalue weighted by molar-refractivity contribution is 5.99. The summed E-state index contributed by atoms with van der Waals surface area (Å²) in [5.74, 6) is -0.245. The van der Waals surface area contributed by atoms with Crippen molar-refractivity contribution in [1.29, 1.82) is 0 Å². The van der Waals surface area contributed by atoms with Crippen LogP contribution in [0.1, 0.15) is 23.2 Å². The molecule has 5 nitrogen and oxygen atoms in total. The van der Waals surface area contributed by atoms with Gasteiger partial charge in [0.2, 0.25) is 0 Å². The Hall–Kier alpha value is -2.47. The van der Waals surface area contributed by atoms with Crippen molar-refractivity contribution in [3.05, 3.63) is 54.0 Å². The van der Waals surface area contributed by atoms with E-state index in [1.807, 2.05) is 0 Å². The zero-order chi connectivity index (χ0) is 16.1. The smallest absolute Gasteiger partial charge is 0.255 e. The van der Waals surface area contributed by atoms with Gasteiger partial charge in [-0.2, -0.15) is 0 Å². The van der Waals surface area contributed by atoms with Gasteiger partial charge in [-0.3, -0.25) is 4.79 Å². The average Bonchev–Trinajstić information content (AvgIpc) is 2.58. The molecule has 0 saturated carbocycles. The summed E-state index contributed by atoms with van der Waals surface area (Å²) in [6, 6.07) is 9.79. The van der Waals surface area contributed by atoms with Gasteiger partial charge in [0.15, 0.2) is 0 Å². The number of halogens is 1. The number of pyridine rings is 1. The number of carbonyl (C=O) groups excluding carboxylic acids is 1. The van der Waals surface area contributed by atoms with Crippen LogP contribution in [0.5, 0.6) is 0 Å². The van der Waals surface area contributed by atoms with Crippen molar-refractivity contribution in [2.75, 3.05) is 18.4 Å². The largest absolute Gasteiger partial charge is 0.348 e. The lowest BCUT2D eigenvalue weighted by molar-refractivity contribution is 0.0931. The lowest BCUT2D eigenvalue weighted by atomic mass is 10.1. The molecule has 1 amide bonds. The molecule has 0 unspecified atom stereocenters. The van der Waals surface area contributed by atoms with Crippen LogP contribution in [-0.4, -0.2) is 30.0 Å². The highest BCUT2D eigenvalue weighted by Gasteiger charge is 2.19. The van der Waals surface area contributed by atoms with Crippen LogP contribution in [-0.2, 0) is 0 Å². The zero-order valence-electron chi connectivity index (χ0n) is 12.7. The molecule has 1 aromatic heterocycles. The molecule has 1 aliphatic heterocycles. The van der Waals surface area contributed by atoms with E-state index in [1.54, 1.807) is 36.5 Å². The molecule has 1 fully saturated rings. The quantitative estimate of drug-likeness (QED) is 0.811. The summed E-state index contributed by atoms with van der Waals surface area (Å²) in [6.45, 7) is 1.75. The molecule has 2 heterocycles. The molecule has 0 radical (unpaired) electrons. The number of carbonyl (C=O) groups is 1. The molecule has 1 saturated heterocycles. The molecular formula is C17H19FN4O. The van der Waals surface area contributed by atoms with E-state index in [0.29, 0.717) is 17.1 Å². The van der Waals surface area contributed by atoms with Crippen molar-refractivity contribution < 1.29 is 9.18 Å². The van der Waals surface area contributed by atoms with Crippen molar-refractivity contribution in [3.63, 3.8) is 0 Å².